The van der Waals surface area contributed by atoms with Gasteiger partial charge in [0.25, 0.3) is 0 Å². The molecule has 0 aromatic heterocycles. The van der Waals surface area contributed by atoms with Crippen molar-refractivity contribution in [1.82, 2.24) is 15.5 Å². The Kier molecular flexibility index (Phi) is 7.13. The predicted molar refractivity (Wildman–Crippen MR) is 136 cm³/mol. The highest BCUT2D eigenvalue weighted by Gasteiger charge is 2.32. The Bertz CT molecular complexity index is 1180. The lowest BCUT2D eigenvalue weighted by Crippen LogP contribution is -2.51. The van der Waals surface area contributed by atoms with Crippen molar-refractivity contribution in [3.8, 4) is 0 Å². The molecule has 3 amide bonds. The number of hydrogen-bond acceptors (Lipinski definition) is 5. The van der Waals surface area contributed by atoms with Crippen molar-refractivity contribution in [3.05, 3.63) is 64.7 Å². The zero-order valence-corrected chi connectivity index (χ0v) is 20.3. The molecule has 0 bridgehead atoms. The molecule has 2 aromatic rings. The highest BCUT2D eigenvalue weighted by atomic mass is 16.2. The van der Waals surface area contributed by atoms with E-state index in [0.29, 0.717) is 35.5 Å². The van der Waals surface area contributed by atoms with Crippen LogP contribution in [0.25, 0.3) is 0 Å². The van der Waals surface area contributed by atoms with E-state index in [-0.39, 0.29) is 47.7 Å². The van der Waals surface area contributed by atoms with Crippen LogP contribution in [-0.4, -0.2) is 60.1 Å². The monoisotopic (exact) mass is 488 g/mol. The lowest BCUT2D eigenvalue weighted by atomic mass is 9.83. The maximum Gasteiger partial charge on any atom is 0.315 e. The summed E-state index contributed by atoms with van der Waals surface area (Å²) in [7, 11) is 0. The Labute approximate surface area is 210 Å². The minimum Gasteiger partial charge on any atom is -0.335 e. The van der Waals surface area contributed by atoms with Gasteiger partial charge in [0.15, 0.2) is 11.6 Å². The number of amides is 3. The number of carbonyl (C=O) groups is 4. The van der Waals surface area contributed by atoms with Crippen LogP contribution in [0.5, 0.6) is 0 Å². The van der Waals surface area contributed by atoms with Crippen molar-refractivity contribution in [1.29, 1.82) is 0 Å². The van der Waals surface area contributed by atoms with E-state index in [1.165, 1.54) is 19.3 Å². The van der Waals surface area contributed by atoms with Crippen LogP contribution in [0.2, 0.25) is 0 Å². The van der Waals surface area contributed by atoms with Crippen molar-refractivity contribution in [2.45, 2.75) is 57.0 Å². The molecular formula is C28H32N4O4. The molecule has 188 valence electrons. The van der Waals surface area contributed by atoms with Crippen molar-refractivity contribution in [2.75, 3.05) is 25.0 Å². The Morgan fingerprint density at radius 2 is 1.36 bits per heavy atom. The third kappa shape index (κ3) is 5.18. The molecule has 5 rings (SSSR count). The SMILES string of the molecule is O=C(CN1CCC(NC(=O)NC2CCCCC2)CC1)Nc1cccc2c1C(=O)c1ccccc1C2=O. The average molecular weight is 489 g/mol. The Morgan fingerprint density at radius 1 is 0.750 bits per heavy atom. The van der Waals surface area contributed by atoms with Crippen LogP contribution in [0.4, 0.5) is 10.5 Å². The van der Waals surface area contributed by atoms with Gasteiger partial charge in [0.2, 0.25) is 5.91 Å². The maximum atomic E-state index is 13.1. The first-order valence-corrected chi connectivity index (χ1v) is 12.9. The lowest BCUT2D eigenvalue weighted by molar-refractivity contribution is -0.117. The number of hydrogen-bond donors (Lipinski definition) is 3. The van der Waals surface area contributed by atoms with Gasteiger partial charge in [0.1, 0.15) is 0 Å². The van der Waals surface area contributed by atoms with Gasteiger partial charge in [-0.05, 0) is 31.7 Å². The molecule has 3 aliphatic rings. The van der Waals surface area contributed by atoms with Gasteiger partial charge in [-0.2, -0.15) is 0 Å². The van der Waals surface area contributed by atoms with E-state index in [4.69, 9.17) is 0 Å². The first-order valence-electron chi connectivity index (χ1n) is 12.9. The van der Waals surface area contributed by atoms with Crippen molar-refractivity contribution in [3.63, 3.8) is 0 Å². The molecule has 1 aliphatic heterocycles. The summed E-state index contributed by atoms with van der Waals surface area (Å²) in [5.41, 5.74) is 1.68. The predicted octanol–water partition coefficient (Wildman–Crippen LogP) is 3.50. The van der Waals surface area contributed by atoms with E-state index in [0.717, 1.165) is 25.7 Å². The number of nitrogens with zero attached hydrogens (tertiary/aromatic N) is 1. The molecule has 1 heterocycles. The van der Waals surface area contributed by atoms with Gasteiger partial charge < -0.3 is 16.0 Å². The summed E-state index contributed by atoms with van der Waals surface area (Å²) in [4.78, 5) is 53.3. The first-order chi connectivity index (χ1) is 17.5. The maximum absolute atomic E-state index is 13.1. The highest BCUT2D eigenvalue weighted by Crippen LogP contribution is 2.32. The van der Waals surface area contributed by atoms with Crippen LogP contribution < -0.4 is 16.0 Å². The number of rotatable bonds is 5. The zero-order chi connectivity index (χ0) is 25.1. The summed E-state index contributed by atoms with van der Waals surface area (Å²) in [6.07, 6.45) is 7.26. The molecule has 3 N–H and O–H groups in total. The van der Waals surface area contributed by atoms with Crippen LogP contribution in [-0.2, 0) is 4.79 Å². The number of nitrogens with one attached hydrogen (secondary N) is 3. The third-order valence-corrected chi connectivity index (χ3v) is 7.46. The number of urea groups is 1. The topological polar surface area (TPSA) is 108 Å². The molecular weight excluding hydrogens is 456 g/mol. The van der Waals surface area contributed by atoms with E-state index in [1.54, 1.807) is 42.5 Å². The van der Waals surface area contributed by atoms with E-state index in [9.17, 15) is 19.2 Å². The van der Waals surface area contributed by atoms with Gasteiger partial charge in [-0.25, -0.2) is 4.79 Å². The van der Waals surface area contributed by atoms with Crippen molar-refractivity contribution < 1.29 is 19.2 Å². The summed E-state index contributed by atoms with van der Waals surface area (Å²) < 4.78 is 0. The minimum absolute atomic E-state index is 0.0901. The fraction of sp³-hybridized carbons (Fsp3) is 0.429. The standard InChI is InChI=1S/C28H32N4O4/c33-24(17-32-15-13-19(14-16-32)30-28(36)29-18-7-2-1-3-8-18)31-23-12-6-11-22-25(23)27(35)21-10-5-4-9-20(21)26(22)34/h4-6,9-12,18-19H,1-3,7-8,13-17H2,(H,31,33)(H2,29,30,36). The molecule has 8 heteroatoms. The smallest absolute Gasteiger partial charge is 0.315 e. The highest BCUT2D eigenvalue weighted by molar-refractivity contribution is 6.30. The third-order valence-electron chi connectivity index (χ3n) is 7.46. The zero-order valence-electron chi connectivity index (χ0n) is 20.3. The molecule has 0 atom stereocenters. The van der Waals surface area contributed by atoms with Gasteiger partial charge in [-0.15, -0.1) is 0 Å². The number of carbonyl (C=O) groups excluding carboxylic acids is 4. The summed E-state index contributed by atoms with van der Waals surface area (Å²) in [6, 6.07) is 12.0. The van der Waals surface area contributed by atoms with Gasteiger partial charge in [0.05, 0.1) is 17.8 Å². The van der Waals surface area contributed by atoms with Gasteiger partial charge in [0, 0.05) is 41.9 Å². The number of ketones is 2. The van der Waals surface area contributed by atoms with E-state index < -0.39 is 0 Å². The molecule has 0 radical (unpaired) electrons. The lowest BCUT2D eigenvalue weighted by Gasteiger charge is -2.32. The van der Waals surface area contributed by atoms with E-state index in [1.807, 2.05) is 4.90 Å². The van der Waals surface area contributed by atoms with Crippen LogP contribution in [0, 0.1) is 0 Å². The number of anilines is 1. The van der Waals surface area contributed by atoms with Crippen molar-refractivity contribution in [2.24, 2.45) is 0 Å². The van der Waals surface area contributed by atoms with Crippen molar-refractivity contribution >= 4 is 29.2 Å². The summed E-state index contributed by atoms with van der Waals surface area (Å²) in [5, 5.41) is 9.03. The Morgan fingerprint density at radius 3 is 2.06 bits per heavy atom. The molecule has 2 fully saturated rings. The van der Waals surface area contributed by atoms with Crippen LogP contribution in [0.3, 0.4) is 0 Å². The largest absolute Gasteiger partial charge is 0.335 e. The Hall–Kier alpha value is -3.52. The number of likely N-dealkylation sites (tertiary alicyclic amines) is 1. The summed E-state index contributed by atoms with van der Waals surface area (Å²) in [6.45, 7) is 1.57. The second-order valence-electron chi connectivity index (χ2n) is 9.98. The average Bonchev–Trinajstić information content (AvgIpc) is 2.89. The quantitative estimate of drug-likeness (QED) is 0.510. The molecule has 0 spiro atoms. The fourth-order valence-corrected chi connectivity index (χ4v) is 5.54. The van der Waals surface area contributed by atoms with Gasteiger partial charge in [-0.1, -0.05) is 55.7 Å². The van der Waals surface area contributed by atoms with Crippen LogP contribution in [0.15, 0.2) is 42.5 Å². The van der Waals surface area contributed by atoms with Gasteiger partial charge in [-0.3, -0.25) is 19.3 Å². The molecule has 8 nitrogen and oxygen atoms in total. The van der Waals surface area contributed by atoms with Gasteiger partial charge >= 0.3 is 6.03 Å². The summed E-state index contributed by atoms with van der Waals surface area (Å²) >= 11 is 0. The number of benzene rings is 2. The second-order valence-corrected chi connectivity index (χ2v) is 9.98. The number of fused-ring (bicyclic) bond motifs is 2. The van der Waals surface area contributed by atoms with E-state index in [2.05, 4.69) is 16.0 Å². The number of piperidine rings is 1. The normalized spacial score (nSPS) is 18.8. The Balaban J connectivity index is 1.14. The molecule has 2 aromatic carbocycles. The van der Waals surface area contributed by atoms with Crippen LogP contribution >= 0.6 is 0 Å². The summed E-state index contributed by atoms with van der Waals surface area (Å²) in [5.74, 6) is -0.697. The van der Waals surface area contributed by atoms with E-state index >= 15 is 0 Å². The first kappa shape index (κ1) is 24.2. The molecule has 2 aliphatic carbocycles. The molecule has 36 heavy (non-hydrogen) atoms. The molecule has 1 saturated carbocycles. The molecule has 0 unspecified atom stereocenters. The second kappa shape index (κ2) is 10.6. The van der Waals surface area contributed by atoms with Crippen LogP contribution in [0.1, 0.15) is 76.8 Å². The fourth-order valence-electron chi connectivity index (χ4n) is 5.54. The molecule has 1 saturated heterocycles. The minimum atomic E-state index is -0.255.